The number of nitrogens with one attached hydrogen (secondary N) is 1. The number of aryl methyl sites for hydroxylation is 1. The lowest BCUT2D eigenvalue weighted by Gasteiger charge is -2.08. The summed E-state index contributed by atoms with van der Waals surface area (Å²) < 4.78 is 0. The van der Waals surface area contributed by atoms with E-state index in [2.05, 4.69) is 18.8 Å². The van der Waals surface area contributed by atoms with Crippen LogP contribution in [0, 0.1) is 19.8 Å². The molecule has 1 aromatic heterocycles. The van der Waals surface area contributed by atoms with Crippen LogP contribution in [-0.4, -0.2) is 10.1 Å². The average Bonchev–Trinajstić information content (AvgIpc) is 2.82. The van der Waals surface area contributed by atoms with Crippen molar-refractivity contribution < 1.29 is 5.11 Å². The average molecular weight is 165 g/mol. The van der Waals surface area contributed by atoms with E-state index >= 15 is 0 Å². The number of hydrogen-bond donors (Lipinski definition) is 2. The Labute approximate surface area is 72.6 Å². The molecule has 0 amide bonds. The van der Waals surface area contributed by atoms with Crippen LogP contribution in [0.1, 0.15) is 35.8 Å². The van der Waals surface area contributed by atoms with Crippen molar-refractivity contribution in [3.63, 3.8) is 0 Å². The molecule has 2 heteroatoms. The second-order valence-electron chi connectivity index (χ2n) is 3.79. The van der Waals surface area contributed by atoms with Gasteiger partial charge in [-0.1, -0.05) is 0 Å². The highest BCUT2D eigenvalue weighted by atomic mass is 16.3. The number of aliphatic hydroxyl groups excluding tert-OH is 1. The summed E-state index contributed by atoms with van der Waals surface area (Å²) in [7, 11) is 0. The maximum atomic E-state index is 9.82. The molecule has 1 saturated carbocycles. The summed E-state index contributed by atoms with van der Waals surface area (Å²) in [5.41, 5.74) is 3.48. The number of aliphatic hydroxyl groups is 1. The Bertz CT molecular complexity index is 286. The van der Waals surface area contributed by atoms with Gasteiger partial charge in [0.1, 0.15) is 0 Å². The quantitative estimate of drug-likeness (QED) is 0.691. The van der Waals surface area contributed by atoms with Crippen molar-refractivity contribution >= 4 is 0 Å². The van der Waals surface area contributed by atoms with E-state index in [-0.39, 0.29) is 6.10 Å². The Balaban J connectivity index is 2.25. The standard InChI is InChI=1S/C10H15NO/c1-6-5-11-9(7(6)2)10(12)8-3-4-8/h5,8,10-12H,3-4H2,1-2H3. The van der Waals surface area contributed by atoms with Gasteiger partial charge in [-0.3, -0.25) is 0 Å². The minimum atomic E-state index is -0.251. The molecule has 1 heterocycles. The van der Waals surface area contributed by atoms with Crippen molar-refractivity contribution in [3.8, 4) is 0 Å². The largest absolute Gasteiger partial charge is 0.387 e. The van der Waals surface area contributed by atoms with Gasteiger partial charge in [-0.25, -0.2) is 0 Å². The summed E-state index contributed by atoms with van der Waals surface area (Å²) in [5.74, 6) is 0.516. The third-order valence-electron chi connectivity index (χ3n) is 2.80. The first-order valence-corrected chi connectivity index (χ1v) is 4.52. The lowest BCUT2D eigenvalue weighted by atomic mass is 10.1. The SMILES string of the molecule is Cc1c[nH]c(C(O)C2CC2)c1C. The molecule has 12 heavy (non-hydrogen) atoms. The van der Waals surface area contributed by atoms with Gasteiger partial charge in [-0.05, 0) is 43.7 Å². The molecule has 66 valence electrons. The number of hydrogen-bond acceptors (Lipinski definition) is 1. The van der Waals surface area contributed by atoms with Crippen molar-refractivity contribution in [2.24, 2.45) is 5.92 Å². The lowest BCUT2D eigenvalue weighted by Crippen LogP contribution is -2.01. The van der Waals surface area contributed by atoms with Crippen LogP contribution < -0.4 is 0 Å². The molecule has 1 fully saturated rings. The van der Waals surface area contributed by atoms with Crippen molar-refractivity contribution in [2.45, 2.75) is 32.8 Å². The van der Waals surface area contributed by atoms with Gasteiger partial charge < -0.3 is 10.1 Å². The van der Waals surface area contributed by atoms with E-state index in [0.717, 1.165) is 5.69 Å². The van der Waals surface area contributed by atoms with Crippen molar-refractivity contribution in [2.75, 3.05) is 0 Å². The fourth-order valence-electron chi connectivity index (χ4n) is 1.57. The Morgan fingerprint density at radius 3 is 2.58 bits per heavy atom. The van der Waals surface area contributed by atoms with Crippen molar-refractivity contribution in [3.05, 3.63) is 23.0 Å². The molecule has 1 aliphatic rings. The van der Waals surface area contributed by atoms with Crippen LogP contribution in [0.25, 0.3) is 0 Å². The summed E-state index contributed by atoms with van der Waals surface area (Å²) in [6.07, 6.45) is 4.08. The number of aromatic nitrogens is 1. The Kier molecular flexibility index (Phi) is 1.72. The Morgan fingerprint density at radius 2 is 2.17 bits per heavy atom. The van der Waals surface area contributed by atoms with Crippen molar-refractivity contribution in [1.29, 1.82) is 0 Å². The van der Waals surface area contributed by atoms with E-state index in [9.17, 15) is 5.11 Å². The maximum Gasteiger partial charge on any atom is 0.0968 e. The number of rotatable bonds is 2. The van der Waals surface area contributed by atoms with Crippen LogP contribution in [0.3, 0.4) is 0 Å². The van der Waals surface area contributed by atoms with E-state index in [1.165, 1.54) is 24.0 Å². The molecule has 0 spiro atoms. The molecule has 0 radical (unpaired) electrons. The topological polar surface area (TPSA) is 36.0 Å². The van der Waals surface area contributed by atoms with Gasteiger partial charge in [0, 0.05) is 11.9 Å². The van der Waals surface area contributed by atoms with Crippen LogP contribution in [0.15, 0.2) is 6.20 Å². The van der Waals surface area contributed by atoms with E-state index in [0.29, 0.717) is 5.92 Å². The molecule has 1 atom stereocenters. The van der Waals surface area contributed by atoms with E-state index in [1.54, 1.807) is 0 Å². The second-order valence-corrected chi connectivity index (χ2v) is 3.79. The zero-order valence-corrected chi connectivity index (χ0v) is 7.59. The smallest absolute Gasteiger partial charge is 0.0968 e. The summed E-state index contributed by atoms with van der Waals surface area (Å²) in [4.78, 5) is 3.14. The molecule has 2 N–H and O–H groups in total. The first-order chi connectivity index (χ1) is 5.70. The molecule has 0 aliphatic heterocycles. The maximum absolute atomic E-state index is 9.82. The molecule has 2 nitrogen and oxygen atoms in total. The molecule has 1 aliphatic carbocycles. The highest BCUT2D eigenvalue weighted by Gasteiger charge is 2.32. The first-order valence-electron chi connectivity index (χ1n) is 4.52. The first kappa shape index (κ1) is 7.87. The highest BCUT2D eigenvalue weighted by Crippen LogP contribution is 2.41. The van der Waals surface area contributed by atoms with Crippen LogP contribution in [0.2, 0.25) is 0 Å². The predicted molar refractivity (Wildman–Crippen MR) is 48.0 cm³/mol. The minimum absolute atomic E-state index is 0.251. The molecule has 0 saturated heterocycles. The fourth-order valence-corrected chi connectivity index (χ4v) is 1.57. The molecular weight excluding hydrogens is 150 g/mol. The fraction of sp³-hybridized carbons (Fsp3) is 0.600. The Morgan fingerprint density at radius 1 is 1.50 bits per heavy atom. The normalized spacial score (nSPS) is 19.6. The van der Waals surface area contributed by atoms with Gasteiger partial charge in [0.25, 0.3) is 0 Å². The van der Waals surface area contributed by atoms with Crippen LogP contribution >= 0.6 is 0 Å². The lowest BCUT2D eigenvalue weighted by molar-refractivity contribution is 0.149. The third-order valence-corrected chi connectivity index (χ3v) is 2.80. The van der Waals surface area contributed by atoms with Crippen LogP contribution in [0.4, 0.5) is 0 Å². The number of H-pyrrole nitrogens is 1. The minimum Gasteiger partial charge on any atom is -0.387 e. The zero-order valence-electron chi connectivity index (χ0n) is 7.59. The van der Waals surface area contributed by atoms with Gasteiger partial charge >= 0.3 is 0 Å². The zero-order chi connectivity index (χ0) is 8.72. The summed E-state index contributed by atoms with van der Waals surface area (Å²) in [6.45, 7) is 4.13. The summed E-state index contributed by atoms with van der Waals surface area (Å²) >= 11 is 0. The molecular formula is C10H15NO. The molecule has 0 aromatic carbocycles. The van der Waals surface area contributed by atoms with Gasteiger partial charge in [0.15, 0.2) is 0 Å². The predicted octanol–water partition coefficient (Wildman–Crippen LogP) is 2.07. The van der Waals surface area contributed by atoms with E-state index < -0.39 is 0 Å². The molecule has 2 rings (SSSR count). The summed E-state index contributed by atoms with van der Waals surface area (Å²) in [6, 6.07) is 0. The monoisotopic (exact) mass is 165 g/mol. The Hall–Kier alpha value is -0.760. The van der Waals surface area contributed by atoms with Gasteiger partial charge in [-0.15, -0.1) is 0 Å². The van der Waals surface area contributed by atoms with Crippen molar-refractivity contribution in [1.82, 2.24) is 4.98 Å². The van der Waals surface area contributed by atoms with Gasteiger partial charge in [0.05, 0.1) is 6.10 Å². The van der Waals surface area contributed by atoms with Gasteiger partial charge in [-0.2, -0.15) is 0 Å². The second kappa shape index (κ2) is 2.63. The van der Waals surface area contributed by atoms with E-state index in [4.69, 9.17) is 0 Å². The summed E-state index contributed by atoms with van der Waals surface area (Å²) in [5, 5.41) is 9.82. The number of aromatic amines is 1. The van der Waals surface area contributed by atoms with Gasteiger partial charge in [0.2, 0.25) is 0 Å². The van der Waals surface area contributed by atoms with Crippen LogP contribution in [0.5, 0.6) is 0 Å². The molecule has 0 bridgehead atoms. The third kappa shape index (κ3) is 1.16. The molecule has 1 aromatic rings. The molecule has 1 unspecified atom stereocenters. The highest BCUT2D eigenvalue weighted by molar-refractivity contribution is 5.30. The van der Waals surface area contributed by atoms with Crippen LogP contribution in [-0.2, 0) is 0 Å². The van der Waals surface area contributed by atoms with E-state index in [1.807, 2.05) is 6.20 Å².